The summed E-state index contributed by atoms with van der Waals surface area (Å²) in [5, 5.41) is 2.92. The normalized spacial score (nSPS) is 12.1. The van der Waals surface area contributed by atoms with Crippen molar-refractivity contribution in [2.24, 2.45) is 0 Å². The lowest BCUT2D eigenvalue weighted by molar-refractivity contribution is -0.140. The van der Waals surface area contributed by atoms with Gasteiger partial charge in [0.05, 0.1) is 19.1 Å². The van der Waals surface area contributed by atoms with Gasteiger partial charge in [-0.25, -0.2) is 8.42 Å². The van der Waals surface area contributed by atoms with Crippen LogP contribution in [0.1, 0.15) is 49.8 Å². The number of hydrogen-bond acceptors (Lipinski definition) is 5. The van der Waals surface area contributed by atoms with Crippen LogP contribution in [0.25, 0.3) is 0 Å². The van der Waals surface area contributed by atoms with Gasteiger partial charge >= 0.3 is 0 Å². The second-order valence-electron chi connectivity index (χ2n) is 9.00. The summed E-state index contributed by atoms with van der Waals surface area (Å²) in [7, 11) is -2.21. The fraction of sp³-hybridized carbons (Fsp3) is 0.481. The molecule has 1 atom stereocenters. The second kappa shape index (κ2) is 13.3. The lowest BCUT2D eigenvalue weighted by Gasteiger charge is -2.33. The number of hydrogen-bond donors (Lipinski definition) is 1. The van der Waals surface area contributed by atoms with Crippen LogP contribution in [-0.4, -0.2) is 57.6 Å². The van der Waals surface area contributed by atoms with Gasteiger partial charge in [-0.05, 0) is 56.0 Å². The fourth-order valence-corrected chi connectivity index (χ4v) is 4.98. The zero-order valence-corrected chi connectivity index (χ0v) is 23.0. The van der Waals surface area contributed by atoms with Crippen LogP contribution < -0.4 is 14.4 Å². The Morgan fingerprint density at radius 2 is 1.81 bits per heavy atom. The second-order valence-corrected chi connectivity index (χ2v) is 10.9. The monoisotopic (exact) mass is 517 g/mol. The molecule has 0 spiro atoms. The summed E-state index contributed by atoms with van der Waals surface area (Å²) in [5.41, 5.74) is 2.96. The number of amides is 2. The molecule has 0 aliphatic carbocycles. The third kappa shape index (κ3) is 7.98. The third-order valence-electron chi connectivity index (χ3n) is 6.00. The molecule has 2 aromatic rings. The Kier molecular flexibility index (Phi) is 10.8. The smallest absolute Gasteiger partial charge is 0.244 e. The maximum absolute atomic E-state index is 13.8. The van der Waals surface area contributed by atoms with Crippen molar-refractivity contribution >= 4 is 27.5 Å². The Hall–Kier alpha value is -3.07. The molecule has 0 saturated carbocycles. The molecule has 0 aromatic heterocycles. The van der Waals surface area contributed by atoms with Crippen molar-refractivity contribution in [3.63, 3.8) is 0 Å². The molecule has 2 amide bonds. The first-order chi connectivity index (χ1) is 17.0. The summed E-state index contributed by atoms with van der Waals surface area (Å²) < 4.78 is 32.0. The van der Waals surface area contributed by atoms with E-state index in [9.17, 15) is 18.0 Å². The van der Waals surface area contributed by atoms with E-state index < -0.39 is 28.5 Å². The molecule has 198 valence electrons. The zero-order chi connectivity index (χ0) is 26.9. The SMILES string of the molecule is CCCCNC(=O)C(CC)N(Cc1cccc(OC)c1)C(=O)CN(c1ccc(C)cc1C)S(C)(=O)=O. The van der Waals surface area contributed by atoms with E-state index in [1.165, 1.54) is 4.90 Å². The molecule has 36 heavy (non-hydrogen) atoms. The summed E-state index contributed by atoms with van der Waals surface area (Å²) in [6.45, 7) is 7.86. The van der Waals surface area contributed by atoms with E-state index in [0.717, 1.165) is 40.1 Å². The van der Waals surface area contributed by atoms with E-state index in [2.05, 4.69) is 5.32 Å². The van der Waals surface area contributed by atoms with Gasteiger partial charge < -0.3 is 15.0 Å². The molecule has 0 heterocycles. The molecule has 8 nitrogen and oxygen atoms in total. The number of benzene rings is 2. The summed E-state index contributed by atoms with van der Waals surface area (Å²) in [5.74, 6) is -0.0753. The van der Waals surface area contributed by atoms with E-state index in [-0.39, 0.29) is 12.5 Å². The lowest BCUT2D eigenvalue weighted by atomic mass is 10.1. The van der Waals surface area contributed by atoms with Gasteiger partial charge in [0.1, 0.15) is 18.3 Å². The number of rotatable bonds is 13. The van der Waals surface area contributed by atoms with Crippen LogP contribution in [0.4, 0.5) is 5.69 Å². The van der Waals surface area contributed by atoms with Crippen molar-refractivity contribution < 1.29 is 22.7 Å². The highest BCUT2D eigenvalue weighted by atomic mass is 32.2. The Morgan fingerprint density at radius 3 is 2.39 bits per heavy atom. The number of sulfonamides is 1. The first-order valence-corrected chi connectivity index (χ1v) is 14.1. The molecule has 1 unspecified atom stereocenters. The molecule has 0 bridgehead atoms. The molecule has 2 aromatic carbocycles. The Labute approximate surface area is 215 Å². The van der Waals surface area contributed by atoms with Crippen LogP contribution in [0, 0.1) is 13.8 Å². The Balaban J connectivity index is 2.45. The first-order valence-electron chi connectivity index (χ1n) is 12.3. The van der Waals surface area contributed by atoms with E-state index >= 15 is 0 Å². The Bertz CT molecular complexity index is 1150. The van der Waals surface area contributed by atoms with E-state index in [1.807, 2.05) is 52.0 Å². The molecule has 2 rings (SSSR count). The van der Waals surface area contributed by atoms with Gasteiger partial charge in [-0.2, -0.15) is 0 Å². The van der Waals surface area contributed by atoms with E-state index in [1.54, 1.807) is 25.3 Å². The van der Waals surface area contributed by atoms with Crippen molar-refractivity contribution in [1.82, 2.24) is 10.2 Å². The lowest BCUT2D eigenvalue weighted by Crippen LogP contribution is -2.52. The molecule has 1 N–H and O–H groups in total. The maximum atomic E-state index is 13.8. The average Bonchev–Trinajstić information content (AvgIpc) is 2.82. The van der Waals surface area contributed by atoms with Crippen molar-refractivity contribution in [2.75, 3.05) is 30.8 Å². The summed E-state index contributed by atoms with van der Waals surface area (Å²) in [6.07, 6.45) is 3.24. The van der Waals surface area contributed by atoms with Crippen LogP contribution >= 0.6 is 0 Å². The van der Waals surface area contributed by atoms with Gasteiger partial charge in [0.2, 0.25) is 21.8 Å². The summed E-state index contributed by atoms with van der Waals surface area (Å²) in [4.78, 5) is 28.3. The van der Waals surface area contributed by atoms with Crippen LogP contribution in [-0.2, 0) is 26.2 Å². The number of anilines is 1. The number of nitrogens with zero attached hydrogens (tertiary/aromatic N) is 2. The van der Waals surface area contributed by atoms with Crippen molar-refractivity contribution in [3.8, 4) is 5.75 Å². The number of unbranched alkanes of at least 4 members (excludes halogenated alkanes) is 1. The number of nitrogens with one attached hydrogen (secondary N) is 1. The number of methoxy groups -OCH3 is 1. The number of ether oxygens (including phenoxy) is 1. The minimum absolute atomic E-state index is 0.139. The van der Waals surface area contributed by atoms with Crippen LogP contribution in [0.5, 0.6) is 5.75 Å². The van der Waals surface area contributed by atoms with Gasteiger partial charge in [0.25, 0.3) is 0 Å². The number of aryl methyl sites for hydroxylation is 2. The minimum Gasteiger partial charge on any atom is -0.497 e. The highest BCUT2D eigenvalue weighted by Crippen LogP contribution is 2.25. The van der Waals surface area contributed by atoms with E-state index in [4.69, 9.17) is 4.74 Å². The molecule has 9 heteroatoms. The highest BCUT2D eigenvalue weighted by molar-refractivity contribution is 7.92. The maximum Gasteiger partial charge on any atom is 0.244 e. The van der Waals surface area contributed by atoms with Crippen molar-refractivity contribution in [3.05, 3.63) is 59.2 Å². The first kappa shape index (κ1) is 29.2. The van der Waals surface area contributed by atoms with Crippen LogP contribution in [0.2, 0.25) is 0 Å². The van der Waals surface area contributed by atoms with Crippen LogP contribution in [0.15, 0.2) is 42.5 Å². The number of carbonyl (C=O) groups excluding carboxylic acids is 2. The summed E-state index contributed by atoms with van der Waals surface area (Å²) >= 11 is 0. The largest absolute Gasteiger partial charge is 0.497 e. The van der Waals surface area contributed by atoms with Crippen molar-refractivity contribution in [2.45, 2.75) is 59.5 Å². The quantitative estimate of drug-likeness (QED) is 0.408. The predicted octanol–water partition coefficient (Wildman–Crippen LogP) is 3.80. The average molecular weight is 518 g/mol. The van der Waals surface area contributed by atoms with Crippen molar-refractivity contribution in [1.29, 1.82) is 0 Å². The Morgan fingerprint density at radius 1 is 1.08 bits per heavy atom. The molecule has 0 saturated heterocycles. The predicted molar refractivity (Wildman–Crippen MR) is 144 cm³/mol. The van der Waals surface area contributed by atoms with Gasteiger partial charge in [-0.15, -0.1) is 0 Å². The standard InChI is InChI=1S/C27H39N3O5S/c1-7-9-15-28-27(32)24(8-2)29(18-22-11-10-12-23(17-22)35-5)26(31)19-30(36(6,33)34)25-14-13-20(3)16-21(25)4/h10-14,16-17,24H,7-9,15,18-19H2,1-6H3,(H,28,32). The number of carbonyl (C=O) groups is 2. The zero-order valence-electron chi connectivity index (χ0n) is 22.2. The molecule has 0 fully saturated rings. The minimum atomic E-state index is -3.77. The van der Waals surface area contributed by atoms with Gasteiger partial charge in [0, 0.05) is 13.1 Å². The topological polar surface area (TPSA) is 96.0 Å². The molecule has 0 aliphatic heterocycles. The molecule has 0 aliphatic rings. The third-order valence-corrected chi connectivity index (χ3v) is 7.13. The highest BCUT2D eigenvalue weighted by Gasteiger charge is 2.32. The molecular formula is C27H39N3O5S. The van der Waals surface area contributed by atoms with Gasteiger partial charge in [-0.3, -0.25) is 13.9 Å². The van der Waals surface area contributed by atoms with Gasteiger partial charge in [-0.1, -0.05) is 50.1 Å². The fourth-order valence-electron chi connectivity index (χ4n) is 4.07. The van der Waals surface area contributed by atoms with Crippen LogP contribution in [0.3, 0.4) is 0 Å². The summed E-state index contributed by atoms with van der Waals surface area (Å²) in [6, 6.07) is 11.9. The van der Waals surface area contributed by atoms with E-state index in [0.29, 0.717) is 24.4 Å². The molecule has 0 radical (unpaired) electrons. The molecular weight excluding hydrogens is 478 g/mol. The van der Waals surface area contributed by atoms with Gasteiger partial charge in [0.15, 0.2) is 0 Å².